The smallest absolute Gasteiger partial charge is 0.253 e. The van der Waals surface area contributed by atoms with Crippen LogP contribution in [0.25, 0.3) is 0 Å². The van der Waals surface area contributed by atoms with Gasteiger partial charge in [-0.2, -0.15) is 0 Å². The first kappa shape index (κ1) is 20.7. The van der Waals surface area contributed by atoms with Gasteiger partial charge in [0.2, 0.25) is 11.8 Å². The molecule has 7 heteroatoms. The molecule has 0 spiro atoms. The van der Waals surface area contributed by atoms with Gasteiger partial charge in [0.05, 0.1) is 11.4 Å². The second-order valence-electron chi connectivity index (χ2n) is 8.54. The van der Waals surface area contributed by atoms with E-state index >= 15 is 0 Å². The minimum absolute atomic E-state index is 0.00124. The molecule has 0 radical (unpaired) electrons. The summed E-state index contributed by atoms with van der Waals surface area (Å²) in [5.74, 6) is -0.169. The molecular formula is C23H32N4O3. The van der Waals surface area contributed by atoms with Crippen molar-refractivity contribution in [2.75, 3.05) is 42.5 Å². The van der Waals surface area contributed by atoms with Crippen molar-refractivity contribution in [2.45, 2.75) is 57.9 Å². The van der Waals surface area contributed by atoms with Gasteiger partial charge in [-0.05, 0) is 56.7 Å². The average molecular weight is 413 g/mol. The van der Waals surface area contributed by atoms with Gasteiger partial charge in [-0.15, -0.1) is 0 Å². The zero-order chi connectivity index (χ0) is 21.1. The maximum atomic E-state index is 13.3. The zero-order valence-corrected chi connectivity index (χ0v) is 17.9. The fraction of sp³-hybridized carbons (Fsp3) is 0.609. The van der Waals surface area contributed by atoms with E-state index in [-0.39, 0.29) is 30.3 Å². The summed E-state index contributed by atoms with van der Waals surface area (Å²) in [5.41, 5.74) is 2.24. The predicted octanol–water partition coefficient (Wildman–Crippen LogP) is 2.54. The SMILES string of the molecule is CCCCNC(=O)CN1C(=O)[C@H]2CCCCN2c2ccc(C(=O)N3CCCC3)cc21. The third kappa shape index (κ3) is 4.02. The lowest BCUT2D eigenvalue weighted by Gasteiger charge is -2.45. The van der Waals surface area contributed by atoms with E-state index in [4.69, 9.17) is 0 Å². The van der Waals surface area contributed by atoms with E-state index in [1.165, 1.54) is 0 Å². The summed E-state index contributed by atoms with van der Waals surface area (Å²) in [6.07, 6.45) is 6.87. The van der Waals surface area contributed by atoms with E-state index in [1.54, 1.807) is 4.90 Å². The molecule has 2 saturated heterocycles. The van der Waals surface area contributed by atoms with Crippen molar-refractivity contribution in [1.82, 2.24) is 10.2 Å². The summed E-state index contributed by atoms with van der Waals surface area (Å²) >= 11 is 0. The quantitative estimate of drug-likeness (QED) is 0.729. The summed E-state index contributed by atoms with van der Waals surface area (Å²) in [5, 5.41) is 2.91. The lowest BCUT2D eigenvalue weighted by molar-refractivity contribution is -0.125. The maximum absolute atomic E-state index is 13.3. The summed E-state index contributed by atoms with van der Waals surface area (Å²) in [6, 6.07) is 5.44. The molecule has 1 N–H and O–H groups in total. The van der Waals surface area contributed by atoms with Gasteiger partial charge in [0.15, 0.2) is 0 Å². The van der Waals surface area contributed by atoms with Crippen molar-refractivity contribution in [3.05, 3.63) is 23.8 Å². The van der Waals surface area contributed by atoms with Crippen molar-refractivity contribution in [2.24, 2.45) is 0 Å². The summed E-state index contributed by atoms with van der Waals surface area (Å²) in [6.45, 7) is 5.10. The minimum Gasteiger partial charge on any atom is -0.358 e. The highest BCUT2D eigenvalue weighted by Gasteiger charge is 2.40. The molecule has 3 heterocycles. The van der Waals surface area contributed by atoms with Crippen molar-refractivity contribution in [3.63, 3.8) is 0 Å². The van der Waals surface area contributed by atoms with Gasteiger partial charge in [-0.3, -0.25) is 19.3 Å². The Hall–Kier alpha value is -2.57. The Labute approximate surface area is 178 Å². The van der Waals surface area contributed by atoms with E-state index in [0.29, 0.717) is 17.8 Å². The molecule has 1 aromatic rings. The van der Waals surface area contributed by atoms with Gasteiger partial charge in [0, 0.05) is 31.7 Å². The third-order valence-corrected chi connectivity index (χ3v) is 6.42. The van der Waals surface area contributed by atoms with Crippen LogP contribution in [0.5, 0.6) is 0 Å². The number of carbonyl (C=O) groups excluding carboxylic acids is 3. The molecule has 1 aromatic carbocycles. The first-order chi connectivity index (χ1) is 14.6. The predicted molar refractivity (Wildman–Crippen MR) is 117 cm³/mol. The topological polar surface area (TPSA) is 73.0 Å². The van der Waals surface area contributed by atoms with Crippen LogP contribution in [-0.2, 0) is 9.59 Å². The highest BCUT2D eigenvalue weighted by Crippen LogP contribution is 2.40. The lowest BCUT2D eigenvalue weighted by atomic mass is 9.95. The number of benzene rings is 1. The van der Waals surface area contributed by atoms with Crippen LogP contribution in [-0.4, -0.2) is 61.4 Å². The highest BCUT2D eigenvalue weighted by atomic mass is 16.2. The van der Waals surface area contributed by atoms with Gasteiger partial charge >= 0.3 is 0 Å². The molecule has 3 aliphatic heterocycles. The normalized spacial score (nSPS) is 20.8. The third-order valence-electron chi connectivity index (χ3n) is 6.42. The fourth-order valence-corrected chi connectivity index (χ4v) is 4.76. The summed E-state index contributed by atoms with van der Waals surface area (Å²) in [4.78, 5) is 44.4. The van der Waals surface area contributed by atoms with Gasteiger partial charge in [0.1, 0.15) is 12.6 Å². The van der Waals surface area contributed by atoms with Crippen molar-refractivity contribution in [3.8, 4) is 0 Å². The van der Waals surface area contributed by atoms with Crippen molar-refractivity contribution >= 4 is 29.1 Å². The number of hydrogen-bond donors (Lipinski definition) is 1. The summed E-state index contributed by atoms with van der Waals surface area (Å²) in [7, 11) is 0. The van der Waals surface area contributed by atoms with Crippen LogP contribution in [0.1, 0.15) is 62.2 Å². The number of hydrogen-bond acceptors (Lipinski definition) is 4. The van der Waals surface area contributed by atoms with Crippen LogP contribution >= 0.6 is 0 Å². The van der Waals surface area contributed by atoms with E-state index < -0.39 is 0 Å². The molecule has 0 aliphatic carbocycles. The zero-order valence-electron chi connectivity index (χ0n) is 17.9. The summed E-state index contributed by atoms with van der Waals surface area (Å²) < 4.78 is 0. The largest absolute Gasteiger partial charge is 0.358 e. The van der Waals surface area contributed by atoms with Crippen molar-refractivity contribution < 1.29 is 14.4 Å². The Morgan fingerprint density at radius 3 is 2.60 bits per heavy atom. The number of unbranched alkanes of at least 4 members (excludes halogenated alkanes) is 1. The van der Waals surface area contributed by atoms with Crippen LogP contribution < -0.4 is 15.1 Å². The van der Waals surface area contributed by atoms with E-state index in [9.17, 15) is 14.4 Å². The number of likely N-dealkylation sites (tertiary alicyclic amines) is 1. The standard InChI is InChI=1S/C23H32N4O3/c1-2-3-11-24-21(28)16-27-20-15-17(22(29)25-12-6-7-13-25)9-10-18(20)26-14-5-4-8-19(26)23(27)30/h9-10,15,19H,2-8,11-14,16H2,1H3,(H,24,28)/t19-/m1/s1. The molecule has 1 atom stereocenters. The Morgan fingerprint density at radius 1 is 1.07 bits per heavy atom. The Kier molecular flexibility index (Phi) is 6.25. The molecular weight excluding hydrogens is 380 g/mol. The first-order valence-electron chi connectivity index (χ1n) is 11.4. The second kappa shape index (κ2) is 9.06. The van der Waals surface area contributed by atoms with Crippen molar-refractivity contribution in [1.29, 1.82) is 0 Å². The molecule has 7 nitrogen and oxygen atoms in total. The minimum atomic E-state index is -0.213. The fourth-order valence-electron chi connectivity index (χ4n) is 4.76. The second-order valence-corrected chi connectivity index (χ2v) is 8.54. The number of fused-ring (bicyclic) bond motifs is 3. The van der Waals surface area contributed by atoms with Crippen LogP contribution in [0, 0.1) is 0 Å². The number of carbonyl (C=O) groups is 3. The molecule has 0 bridgehead atoms. The number of anilines is 2. The molecule has 4 rings (SSSR count). The highest BCUT2D eigenvalue weighted by molar-refractivity contribution is 6.09. The monoisotopic (exact) mass is 412 g/mol. The van der Waals surface area contributed by atoms with Crippen LogP contribution in [0.15, 0.2) is 18.2 Å². The first-order valence-corrected chi connectivity index (χ1v) is 11.4. The number of piperidine rings is 1. The Morgan fingerprint density at radius 2 is 1.83 bits per heavy atom. The van der Waals surface area contributed by atoms with E-state index in [0.717, 1.165) is 70.3 Å². The van der Waals surface area contributed by atoms with Gasteiger partial charge in [0.25, 0.3) is 5.91 Å². The lowest BCUT2D eigenvalue weighted by Crippen LogP contribution is -2.57. The number of amides is 3. The molecule has 0 unspecified atom stereocenters. The van der Waals surface area contributed by atoms with Crippen LogP contribution in [0.3, 0.4) is 0 Å². The molecule has 2 fully saturated rings. The van der Waals surface area contributed by atoms with E-state index in [1.807, 2.05) is 23.1 Å². The molecule has 0 aromatic heterocycles. The van der Waals surface area contributed by atoms with Gasteiger partial charge < -0.3 is 15.1 Å². The Balaban J connectivity index is 1.63. The van der Waals surface area contributed by atoms with Crippen LogP contribution in [0.2, 0.25) is 0 Å². The molecule has 30 heavy (non-hydrogen) atoms. The van der Waals surface area contributed by atoms with Gasteiger partial charge in [-0.25, -0.2) is 0 Å². The van der Waals surface area contributed by atoms with Crippen LogP contribution in [0.4, 0.5) is 11.4 Å². The van der Waals surface area contributed by atoms with Gasteiger partial charge in [-0.1, -0.05) is 13.3 Å². The molecule has 162 valence electrons. The molecule has 3 aliphatic rings. The number of nitrogens with zero attached hydrogens (tertiary/aromatic N) is 3. The average Bonchev–Trinajstić information content (AvgIpc) is 3.31. The van der Waals surface area contributed by atoms with E-state index in [2.05, 4.69) is 17.1 Å². The number of rotatable bonds is 6. The molecule has 0 saturated carbocycles. The maximum Gasteiger partial charge on any atom is 0.253 e. The number of nitrogens with one attached hydrogen (secondary N) is 1. The molecule has 3 amide bonds. The Bertz CT molecular complexity index is 819.